The predicted molar refractivity (Wildman–Crippen MR) is 141 cm³/mol. The number of carboxylic acid groups (broad SMARTS) is 1. The number of aliphatic carboxylic acids is 1. The van der Waals surface area contributed by atoms with Crippen LogP contribution in [-0.2, 0) is 29.1 Å². The smallest absolute Gasteiger partial charge is 0.312 e. The topological polar surface area (TPSA) is 94.2 Å². The molecule has 0 aliphatic heterocycles. The third kappa shape index (κ3) is 7.30. The predicted octanol–water partition coefficient (Wildman–Crippen LogP) is 6.11. The molecule has 1 atom stereocenters. The summed E-state index contributed by atoms with van der Waals surface area (Å²) in [7, 11) is 0. The normalized spacial score (nSPS) is 12.2. The van der Waals surface area contributed by atoms with Crippen LogP contribution in [0.3, 0.4) is 0 Å². The summed E-state index contributed by atoms with van der Waals surface area (Å²) in [6.07, 6.45) is 0.920. The highest BCUT2D eigenvalue weighted by atomic mass is 16.6. The maximum Gasteiger partial charge on any atom is 0.312 e. The summed E-state index contributed by atoms with van der Waals surface area (Å²) in [5.74, 6) is 0.368. The van der Waals surface area contributed by atoms with Crippen LogP contribution >= 0.6 is 0 Å². The molecule has 0 saturated carbocycles. The number of oxazole rings is 1. The summed E-state index contributed by atoms with van der Waals surface area (Å²) in [5, 5.41) is 13.8. The van der Waals surface area contributed by atoms with E-state index < -0.39 is 11.9 Å². The Balaban J connectivity index is 1.29. The van der Waals surface area contributed by atoms with Crippen molar-refractivity contribution in [2.75, 3.05) is 6.61 Å². The van der Waals surface area contributed by atoms with Crippen molar-refractivity contribution in [1.82, 2.24) is 4.98 Å². The van der Waals surface area contributed by atoms with Crippen LogP contribution in [0.5, 0.6) is 5.75 Å². The van der Waals surface area contributed by atoms with E-state index in [9.17, 15) is 9.90 Å². The van der Waals surface area contributed by atoms with E-state index in [1.54, 1.807) is 6.92 Å². The second-order valence-corrected chi connectivity index (χ2v) is 8.72. The second kappa shape index (κ2) is 12.5. The Kier molecular flexibility index (Phi) is 8.70. The van der Waals surface area contributed by atoms with Crippen LogP contribution in [0, 0.1) is 12.8 Å². The largest absolute Gasteiger partial charge is 0.493 e. The van der Waals surface area contributed by atoms with Crippen molar-refractivity contribution in [3.63, 3.8) is 0 Å². The first-order chi connectivity index (χ1) is 18.0. The maximum absolute atomic E-state index is 11.9. The first-order valence-corrected chi connectivity index (χ1v) is 12.2. The number of ether oxygens (including phenoxy) is 1. The first kappa shape index (κ1) is 25.7. The molecule has 1 N–H and O–H groups in total. The zero-order valence-electron chi connectivity index (χ0n) is 21.0. The van der Waals surface area contributed by atoms with E-state index >= 15 is 0 Å². The molecular formula is C30H30N2O5. The number of rotatable bonds is 12. The van der Waals surface area contributed by atoms with Crippen molar-refractivity contribution >= 4 is 11.7 Å². The first-order valence-electron chi connectivity index (χ1n) is 12.2. The summed E-state index contributed by atoms with van der Waals surface area (Å²) in [4.78, 5) is 21.9. The average Bonchev–Trinajstić information content (AvgIpc) is 3.29. The van der Waals surface area contributed by atoms with Crippen molar-refractivity contribution in [3.05, 3.63) is 108 Å². The van der Waals surface area contributed by atoms with Gasteiger partial charge in [0.25, 0.3) is 0 Å². The van der Waals surface area contributed by atoms with Gasteiger partial charge in [0.05, 0.1) is 18.0 Å². The molecule has 0 bridgehead atoms. The molecule has 0 amide bonds. The number of hydrogen-bond acceptors (Lipinski definition) is 6. The molecular weight excluding hydrogens is 468 g/mol. The molecule has 1 unspecified atom stereocenters. The highest BCUT2D eigenvalue weighted by Crippen LogP contribution is 2.22. The van der Waals surface area contributed by atoms with E-state index in [2.05, 4.69) is 10.1 Å². The number of aryl methyl sites for hydroxylation is 1. The molecule has 37 heavy (non-hydrogen) atoms. The molecule has 7 nitrogen and oxygen atoms in total. The molecule has 4 aromatic rings. The Hall–Kier alpha value is -4.39. The summed E-state index contributed by atoms with van der Waals surface area (Å²) in [6.45, 7) is 4.32. The van der Waals surface area contributed by atoms with E-state index in [1.807, 2.05) is 91.9 Å². The molecule has 0 saturated heterocycles. The van der Waals surface area contributed by atoms with Gasteiger partial charge in [-0.25, -0.2) is 4.98 Å². The number of carbonyl (C=O) groups is 1. The molecule has 4 rings (SSSR count). The van der Waals surface area contributed by atoms with Gasteiger partial charge in [-0.2, -0.15) is 0 Å². The molecule has 0 spiro atoms. The third-order valence-corrected chi connectivity index (χ3v) is 5.97. The molecule has 7 heteroatoms. The fourth-order valence-electron chi connectivity index (χ4n) is 3.85. The number of hydrogen-bond donors (Lipinski definition) is 1. The highest BCUT2D eigenvalue weighted by Gasteiger charge is 2.22. The van der Waals surface area contributed by atoms with Crippen molar-refractivity contribution in [2.45, 2.75) is 33.3 Å². The Morgan fingerprint density at radius 3 is 2.32 bits per heavy atom. The van der Waals surface area contributed by atoms with Gasteiger partial charge in [-0.3, -0.25) is 4.79 Å². The number of benzene rings is 3. The summed E-state index contributed by atoms with van der Waals surface area (Å²) >= 11 is 0. The van der Waals surface area contributed by atoms with Gasteiger partial charge in [0.15, 0.2) is 0 Å². The maximum atomic E-state index is 11.9. The average molecular weight is 499 g/mol. The van der Waals surface area contributed by atoms with Gasteiger partial charge >= 0.3 is 5.97 Å². The number of carboxylic acids is 1. The van der Waals surface area contributed by atoms with Crippen LogP contribution in [0.2, 0.25) is 0 Å². The summed E-state index contributed by atoms with van der Waals surface area (Å²) < 4.78 is 11.7. The molecule has 0 aliphatic carbocycles. The van der Waals surface area contributed by atoms with Crippen molar-refractivity contribution in [2.24, 2.45) is 11.1 Å². The van der Waals surface area contributed by atoms with Gasteiger partial charge in [0, 0.05) is 12.0 Å². The fraction of sp³-hybridized carbons (Fsp3) is 0.233. The van der Waals surface area contributed by atoms with E-state index in [0.29, 0.717) is 36.8 Å². The highest BCUT2D eigenvalue weighted by molar-refractivity contribution is 6.00. The Bertz CT molecular complexity index is 1320. The molecule has 190 valence electrons. The number of nitrogens with zero attached hydrogens (tertiary/aromatic N) is 2. The third-order valence-electron chi connectivity index (χ3n) is 5.97. The fourth-order valence-corrected chi connectivity index (χ4v) is 3.85. The molecule has 0 aliphatic rings. The lowest BCUT2D eigenvalue weighted by Crippen LogP contribution is -2.24. The van der Waals surface area contributed by atoms with Gasteiger partial charge in [0.1, 0.15) is 24.0 Å². The second-order valence-electron chi connectivity index (χ2n) is 8.72. The van der Waals surface area contributed by atoms with E-state index in [1.165, 1.54) is 0 Å². The van der Waals surface area contributed by atoms with Crippen LogP contribution in [0.1, 0.15) is 29.5 Å². The van der Waals surface area contributed by atoms with Gasteiger partial charge in [-0.15, -0.1) is 0 Å². The molecule has 0 radical (unpaired) electrons. The minimum atomic E-state index is -0.942. The molecule has 3 aromatic carbocycles. The lowest BCUT2D eigenvalue weighted by molar-refractivity contribution is -0.139. The van der Waals surface area contributed by atoms with Crippen LogP contribution in [0.4, 0.5) is 0 Å². The Morgan fingerprint density at radius 2 is 1.65 bits per heavy atom. The standard InChI is InChI=1S/C30H30N2O5/c1-21(32-36-20-24-9-5-3-6-10-24)27(30(33)34)19-23-13-15-26(16-14-23)35-18-17-28-22(2)37-29(31-28)25-11-7-4-8-12-25/h3-16,27H,17-20H2,1-2H3,(H,33,34). The quantitative estimate of drug-likeness (QED) is 0.187. The van der Waals surface area contributed by atoms with Crippen molar-refractivity contribution < 1.29 is 23.9 Å². The van der Waals surface area contributed by atoms with Crippen LogP contribution < -0.4 is 4.74 Å². The van der Waals surface area contributed by atoms with E-state index in [-0.39, 0.29) is 6.61 Å². The lowest BCUT2D eigenvalue weighted by atomic mass is 9.95. The SMILES string of the molecule is CC(=NOCc1ccccc1)C(Cc1ccc(OCCc2nc(-c3ccccc3)oc2C)cc1)C(=O)O. The molecule has 1 heterocycles. The van der Waals surface area contributed by atoms with E-state index in [0.717, 1.165) is 28.1 Å². The minimum Gasteiger partial charge on any atom is -0.493 e. The molecule has 1 aromatic heterocycles. The summed E-state index contributed by atoms with van der Waals surface area (Å²) in [5.41, 5.74) is 4.07. The van der Waals surface area contributed by atoms with Crippen LogP contribution in [0.25, 0.3) is 11.5 Å². The van der Waals surface area contributed by atoms with Gasteiger partial charge in [-0.1, -0.05) is 65.8 Å². The van der Waals surface area contributed by atoms with Gasteiger partial charge < -0.3 is 19.1 Å². The number of oxime groups is 1. The zero-order valence-corrected chi connectivity index (χ0v) is 21.0. The Morgan fingerprint density at radius 1 is 0.973 bits per heavy atom. The minimum absolute atomic E-state index is 0.290. The lowest BCUT2D eigenvalue weighted by Gasteiger charge is -2.13. The Labute approximate surface area is 216 Å². The van der Waals surface area contributed by atoms with Crippen molar-refractivity contribution in [3.8, 4) is 17.2 Å². The van der Waals surface area contributed by atoms with Gasteiger partial charge in [-0.05, 0) is 55.7 Å². The molecule has 0 fully saturated rings. The summed E-state index contributed by atoms with van der Waals surface area (Å²) in [6, 6.07) is 26.8. The van der Waals surface area contributed by atoms with Gasteiger partial charge in [0.2, 0.25) is 5.89 Å². The zero-order chi connectivity index (χ0) is 26.0. The van der Waals surface area contributed by atoms with Crippen LogP contribution in [-0.4, -0.2) is 28.4 Å². The van der Waals surface area contributed by atoms with Crippen LogP contribution in [0.15, 0.2) is 94.5 Å². The van der Waals surface area contributed by atoms with Crippen molar-refractivity contribution in [1.29, 1.82) is 0 Å². The van der Waals surface area contributed by atoms with E-state index in [4.69, 9.17) is 14.0 Å². The monoisotopic (exact) mass is 498 g/mol. The number of aromatic nitrogens is 1.